The van der Waals surface area contributed by atoms with Gasteiger partial charge in [-0.3, -0.25) is 14.7 Å². The van der Waals surface area contributed by atoms with E-state index in [1.165, 1.54) is 17.4 Å². The molecule has 1 aliphatic rings. The van der Waals surface area contributed by atoms with Gasteiger partial charge in [0.05, 0.1) is 11.2 Å². The average Bonchev–Trinajstić information content (AvgIpc) is 3.09. The summed E-state index contributed by atoms with van der Waals surface area (Å²) in [6.45, 7) is 4.30. The molecule has 1 amide bonds. The Hall–Kier alpha value is -2.38. The van der Waals surface area contributed by atoms with Crippen LogP contribution in [0.4, 0.5) is 9.52 Å². The lowest BCUT2D eigenvalue weighted by Gasteiger charge is -2.31. The monoisotopic (exact) mass is 384 g/mol. The smallest absolute Gasteiger partial charge is 0.229 e. The molecule has 2 aromatic heterocycles. The molecular formula is C20H21FN4OS. The number of rotatable bonds is 4. The first kappa shape index (κ1) is 18.0. The fourth-order valence-corrected chi connectivity index (χ4v) is 4.23. The Kier molecular flexibility index (Phi) is 5.13. The number of aromatic nitrogens is 2. The van der Waals surface area contributed by atoms with Crippen LogP contribution in [0.5, 0.6) is 0 Å². The number of hydrogen-bond donors (Lipinski definition) is 1. The minimum atomic E-state index is -0.241. The zero-order chi connectivity index (χ0) is 18.8. The summed E-state index contributed by atoms with van der Waals surface area (Å²) in [7, 11) is 0. The van der Waals surface area contributed by atoms with E-state index in [0.717, 1.165) is 42.7 Å². The zero-order valence-electron chi connectivity index (χ0n) is 15.1. The lowest BCUT2D eigenvalue weighted by molar-refractivity contribution is -0.121. The topological polar surface area (TPSA) is 58.1 Å². The number of hydrogen-bond acceptors (Lipinski definition) is 5. The maximum atomic E-state index is 14.0. The molecule has 3 aromatic rings. The summed E-state index contributed by atoms with van der Waals surface area (Å²) in [5.74, 6) is -0.180. The number of amides is 1. The van der Waals surface area contributed by atoms with Crippen molar-refractivity contribution < 1.29 is 9.18 Å². The van der Waals surface area contributed by atoms with E-state index in [2.05, 4.69) is 20.2 Å². The van der Waals surface area contributed by atoms with E-state index in [-0.39, 0.29) is 17.6 Å². The highest BCUT2D eigenvalue weighted by Crippen LogP contribution is 2.25. The van der Waals surface area contributed by atoms with Gasteiger partial charge in [-0.1, -0.05) is 6.07 Å². The molecule has 0 aliphatic carbocycles. The molecule has 27 heavy (non-hydrogen) atoms. The normalized spacial score (nSPS) is 15.9. The van der Waals surface area contributed by atoms with Crippen LogP contribution in [0, 0.1) is 18.7 Å². The quantitative estimate of drug-likeness (QED) is 0.739. The number of benzene rings is 1. The van der Waals surface area contributed by atoms with Gasteiger partial charge in [-0.2, -0.15) is 0 Å². The second kappa shape index (κ2) is 7.70. The molecule has 0 radical (unpaired) electrons. The summed E-state index contributed by atoms with van der Waals surface area (Å²) in [4.78, 5) is 23.4. The SMILES string of the molecule is Cc1csc(NC(=O)C2CCN(Cc3ccc(F)c4cccnc34)CC2)n1. The minimum Gasteiger partial charge on any atom is -0.302 e. The molecule has 7 heteroatoms. The summed E-state index contributed by atoms with van der Waals surface area (Å²) >= 11 is 1.46. The molecule has 0 bridgehead atoms. The molecule has 140 valence electrons. The number of nitrogens with one attached hydrogen (secondary N) is 1. The summed E-state index contributed by atoms with van der Waals surface area (Å²) < 4.78 is 14.0. The number of carbonyl (C=O) groups is 1. The van der Waals surface area contributed by atoms with Crippen LogP contribution in [-0.2, 0) is 11.3 Å². The van der Waals surface area contributed by atoms with Gasteiger partial charge in [0.2, 0.25) is 5.91 Å². The van der Waals surface area contributed by atoms with Crippen molar-refractivity contribution in [2.75, 3.05) is 18.4 Å². The molecule has 4 rings (SSSR count). The lowest BCUT2D eigenvalue weighted by Crippen LogP contribution is -2.37. The highest BCUT2D eigenvalue weighted by Gasteiger charge is 2.26. The Morgan fingerprint density at radius 3 is 2.89 bits per heavy atom. The first-order valence-corrected chi connectivity index (χ1v) is 9.95. The Morgan fingerprint density at radius 1 is 1.33 bits per heavy atom. The van der Waals surface area contributed by atoms with E-state index < -0.39 is 0 Å². The van der Waals surface area contributed by atoms with Crippen molar-refractivity contribution in [2.45, 2.75) is 26.3 Å². The number of fused-ring (bicyclic) bond motifs is 1. The maximum absolute atomic E-state index is 14.0. The number of piperidine rings is 1. The van der Waals surface area contributed by atoms with Gasteiger partial charge in [0.15, 0.2) is 5.13 Å². The third kappa shape index (κ3) is 3.99. The van der Waals surface area contributed by atoms with Crippen molar-refractivity contribution in [3.8, 4) is 0 Å². The van der Waals surface area contributed by atoms with Gasteiger partial charge in [-0.05, 0) is 56.6 Å². The van der Waals surface area contributed by atoms with E-state index >= 15 is 0 Å². The second-order valence-corrected chi connectivity index (χ2v) is 7.80. The third-order valence-corrected chi connectivity index (χ3v) is 5.88. The summed E-state index contributed by atoms with van der Waals surface area (Å²) in [5.41, 5.74) is 2.66. The molecule has 1 aliphatic heterocycles. The van der Waals surface area contributed by atoms with Crippen LogP contribution in [0.3, 0.4) is 0 Å². The Labute approximate surface area is 161 Å². The summed E-state index contributed by atoms with van der Waals surface area (Å²) in [6.07, 6.45) is 3.31. The van der Waals surface area contributed by atoms with Gasteiger partial charge in [0.25, 0.3) is 0 Å². The van der Waals surface area contributed by atoms with Crippen molar-refractivity contribution in [2.24, 2.45) is 5.92 Å². The molecule has 1 fully saturated rings. The maximum Gasteiger partial charge on any atom is 0.229 e. The minimum absolute atomic E-state index is 0.00791. The van der Waals surface area contributed by atoms with Crippen LogP contribution in [0.1, 0.15) is 24.1 Å². The van der Waals surface area contributed by atoms with E-state index in [0.29, 0.717) is 17.1 Å². The first-order chi connectivity index (χ1) is 13.1. The Balaban J connectivity index is 1.37. The fraction of sp³-hybridized carbons (Fsp3) is 0.350. The Morgan fingerprint density at radius 2 is 2.15 bits per heavy atom. The molecule has 0 unspecified atom stereocenters. The van der Waals surface area contributed by atoms with Gasteiger partial charge >= 0.3 is 0 Å². The van der Waals surface area contributed by atoms with Crippen LogP contribution in [-0.4, -0.2) is 33.9 Å². The number of likely N-dealkylation sites (tertiary alicyclic amines) is 1. The number of halogens is 1. The molecule has 1 aromatic carbocycles. The number of thiazole rings is 1. The zero-order valence-corrected chi connectivity index (χ0v) is 15.9. The van der Waals surface area contributed by atoms with E-state index in [4.69, 9.17) is 0 Å². The van der Waals surface area contributed by atoms with Crippen LogP contribution >= 0.6 is 11.3 Å². The number of carbonyl (C=O) groups excluding carboxylic acids is 1. The standard InChI is InChI=1S/C20H21FN4OS/c1-13-12-27-20(23-13)24-19(26)14-6-9-25(10-7-14)11-15-4-5-17(21)16-3-2-8-22-18(15)16/h2-5,8,12,14H,6-7,9-11H2,1H3,(H,23,24,26). The van der Waals surface area contributed by atoms with Gasteiger partial charge in [0.1, 0.15) is 5.82 Å². The van der Waals surface area contributed by atoms with Crippen molar-refractivity contribution in [1.82, 2.24) is 14.9 Å². The number of pyridine rings is 1. The molecule has 3 heterocycles. The molecule has 0 saturated carbocycles. The fourth-order valence-electron chi connectivity index (χ4n) is 3.54. The van der Waals surface area contributed by atoms with Crippen molar-refractivity contribution in [1.29, 1.82) is 0 Å². The van der Waals surface area contributed by atoms with Gasteiger partial charge in [0, 0.05) is 29.4 Å². The van der Waals surface area contributed by atoms with E-state index in [1.54, 1.807) is 18.3 Å². The highest BCUT2D eigenvalue weighted by molar-refractivity contribution is 7.13. The second-order valence-electron chi connectivity index (χ2n) is 6.94. The molecule has 0 spiro atoms. The summed E-state index contributed by atoms with van der Waals surface area (Å²) in [5, 5.41) is 6.08. The number of aryl methyl sites for hydroxylation is 1. The van der Waals surface area contributed by atoms with E-state index in [9.17, 15) is 9.18 Å². The van der Waals surface area contributed by atoms with Crippen molar-refractivity contribution in [3.63, 3.8) is 0 Å². The predicted octanol–water partition coefficient (Wildman–Crippen LogP) is 3.99. The third-order valence-electron chi connectivity index (χ3n) is 5.00. The Bertz CT molecular complexity index is 966. The number of anilines is 1. The van der Waals surface area contributed by atoms with Gasteiger partial charge in [-0.25, -0.2) is 9.37 Å². The van der Waals surface area contributed by atoms with Gasteiger partial charge in [-0.15, -0.1) is 11.3 Å². The van der Waals surface area contributed by atoms with Crippen LogP contribution in [0.25, 0.3) is 10.9 Å². The van der Waals surface area contributed by atoms with Crippen molar-refractivity contribution >= 4 is 33.3 Å². The molecule has 5 nitrogen and oxygen atoms in total. The molecular weight excluding hydrogens is 363 g/mol. The highest BCUT2D eigenvalue weighted by atomic mass is 32.1. The van der Waals surface area contributed by atoms with Crippen LogP contribution in [0.2, 0.25) is 0 Å². The van der Waals surface area contributed by atoms with Crippen LogP contribution in [0.15, 0.2) is 35.8 Å². The molecule has 1 saturated heterocycles. The van der Waals surface area contributed by atoms with Gasteiger partial charge < -0.3 is 5.32 Å². The average molecular weight is 384 g/mol. The van der Waals surface area contributed by atoms with E-state index in [1.807, 2.05) is 18.4 Å². The predicted molar refractivity (Wildman–Crippen MR) is 105 cm³/mol. The summed E-state index contributed by atoms with van der Waals surface area (Å²) in [6, 6.07) is 6.84. The van der Waals surface area contributed by atoms with Crippen LogP contribution < -0.4 is 5.32 Å². The lowest BCUT2D eigenvalue weighted by atomic mass is 9.95. The largest absolute Gasteiger partial charge is 0.302 e. The molecule has 1 N–H and O–H groups in total. The van der Waals surface area contributed by atoms with Crippen molar-refractivity contribution in [3.05, 3.63) is 52.9 Å². The molecule has 0 atom stereocenters. The first-order valence-electron chi connectivity index (χ1n) is 9.07. The number of nitrogens with zero attached hydrogens (tertiary/aromatic N) is 3.